The Labute approximate surface area is 199 Å². The van der Waals surface area contributed by atoms with E-state index < -0.39 is 37.9 Å². The lowest BCUT2D eigenvalue weighted by Gasteiger charge is -2.35. The number of aliphatic carboxylic acids is 1. The lowest BCUT2D eigenvalue weighted by atomic mass is 9.87. The van der Waals surface area contributed by atoms with Crippen LogP contribution in [0, 0.1) is 10.1 Å². The van der Waals surface area contributed by atoms with Crippen molar-refractivity contribution in [1.29, 1.82) is 0 Å². The molecule has 182 valence electrons. The number of benzene rings is 2. The lowest BCUT2D eigenvalue weighted by molar-refractivity contribution is -0.384. The maximum Gasteiger partial charge on any atom is 0.340 e. The van der Waals surface area contributed by atoms with Crippen LogP contribution in [-0.2, 0) is 24.2 Å². The molecule has 0 aromatic heterocycles. The van der Waals surface area contributed by atoms with Gasteiger partial charge in [0.1, 0.15) is 0 Å². The van der Waals surface area contributed by atoms with Crippen LogP contribution in [0.1, 0.15) is 5.56 Å². The Hall–Kier alpha value is -3.81. The molecule has 0 aliphatic carbocycles. The molecule has 0 spiro atoms. The Bertz CT molecular complexity index is 1390. The second-order valence-corrected chi connectivity index (χ2v) is 10.2. The van der Waals surface area contributed by atoms with Crippen molar-refractivity contribution in [1.82, 2.24) is 10.3 Å². The standard InChI is InChI=1S/C22H20N4O8S/c27-20(24-8-10-34-11-9-24)22(21(28)29)17-13-35(32,33)18-7-6-15(26(30)31)12-16(18)19(17)25(23-22)14-4-2-1-3-5-14/h1-7,12,23H,8-11,13H2,(H,28,29). The summed E-state index contributed by atoms with van der Waals surface area (Å²) in [6.07, 6.45) is 0. The van der Waals surface area contributed by atoms with Crippen LogP contribution < -0.4 is 10.4 Å². The van der Waals surface area contributed by atoms with Gasteiger partial charge in [0, 0.05) is 36.4 Å². The largest absolute Gasteiger partial charge is 0.479 e. The number of nitrogens with one attached hydrogen (secondary N) is 1. The maximum atomic E-state index is 13.8. The van der Waals surface area contributed by atoms with Crippen molar-refractivity contribution in [2.75, 3.05) is 37.1 Å². The van der Waals surface area contributed by atoms with E-state index in [1.165, 1.54) is 9.91 Å². The molecule has 0 saturated carbocycles. The van der Waals surface area contributed by atoms with E-state index in [4.69, 9.17) is 4.74 Å². The monoisotopic (exact) mass is 500 g/mol. The fourth-order valence-electron chi connectivity index (χ4n) is 4.64. The number of anilines is 1. The van der Waals surface area contributed by atoms with Gasteiger partial charge >= 0.3 is 5.97 Å². The van der Waals surface area contributed by atoms with Crippen molar-refractivity contribution in [2.45, 2.75) is 10.4 Å². The third-order valence-corrected chi connectivity index (χ3v) is 7.99. The van der Waals surface area contributed by atoms with Crippen molar-refractivity contribution in [3.05, 3.63) is 69.8 Å². The van der Waals surface area contributed by atoms with Crippen molar-refractivity contribution >= 4 is 38.8 Å². The molecule has 35 heavy (non-hydrogen) atoms. The number of non-ortho nitro benzene ring substituents is 1. The number of nitro benzene ring substituents is 1. The summed E-state index contributed by atoms with van der Waals surface area (Å²) in [4.78, 5) is 38.6. The number of hydrogen-bond donors (Lipinski definition) is 2. The minimum atomic E-state index is -4.12. The van der Waals surface area contributed by atoms with Crippen molar-refractivity contribution < 1.29 is 32.8 Å². The number of morpholine rings is 1. The lowest BCUT2D eigenvalue weighted by Crippen LogP contribution is -2.65. The Kier molecular flexibility index (Phi) is 5.34. The Morgan fingerprint density at radius 1 is 1.11 bits per heavy atom. The number of sulfone groups is 1. The highest BCUT2D eigenvalue weighted by Gasteiger charge is 2.61. The minimum absolute atomic E-state index is 0.0466. The molecule has 12 nitrogen and oxygen atoms in total. The van der Waals surface area contributed by atoms with Crippen molar-refractivity contribution in [3.63, 3.8) is 0 Å². The van der Waals surface area contributed by atoms with Gasteiger partial charge in [0.2, 0.25) is 5.54 Å². The second-order valence-electron chi connectivity index (χ2n) is 8.27. The number of carbonyl (C=O) groups excluding carboxylic acids is 1. The van der Waals surface area contributed by atoms with E-state index in [0.29, 0.717) is 5.69 Å². The highest BCUT2D eigenvalue weighted by molar-refractivity contribution is 7.91. The van der Waals surface area contributed by atoms with Crippen LogP contribution >= 0.6 is 0 Å². The number of nitro groups is 1. The van der Waals surface area contributed by atoms with Gasteiger partial charge in [-0.25, -0.2) is 13.2 Å². The van der Waals surface area contributed by atoms with Gasteiger partial charge in [-0.05, 0) is 18.2 Å². The molecule has 2 aromatic carbocycles. The van der Waals surface area contributed by atoms with E-state index in [9.17, 15) is 33.2 Å². The molecule has 2 aromatic rings. The molecule has 5 rings (SSSR count). The molecule has 1 saturated heterocycles. The quantitative estimate of drug-likeness (QED) is 0.349. The molecule has 1 atom stereocenters. The summed E-state index contributed by atoms with van der Waals surface area (Å²) in [6.45, 7) is 0.697. The first kappa shape index (κ1) is 23.0. The number of rotatable bonds is 4. The molecule has 2 N–H and O–H groups in total. The molecule has 3 aliphatic heterocycles. The van der Waals surface area contributed by atoms with Crippen LogP contribution in [-0.4, -0.2) is 72.8 Å². The molecule has 0 bridgehead atoms. The van der Waals surface area contributed by atoms with Gasteiger partial charge in [0.05, 0.1) is 40.2 Å². The van der Waals surface area contributed by atoms with E-state index in [2.05, 4.69) is 5.43 Å². The first-order valence-corrected chi connectivity index (χ1v) is 12.3. The smallest absolute Gasteiger partial charge is 0.340 e. The number of carboxylic acids is 1. The molecule has 1 fully saturated rings. The number of carbonyl (C=O) groups is 2. The van der Waals surface area contributed by atoms with E-state index >= 15 is 0 Å². The van der Waals surface area contributed by atoms with Gasteiger partial charge in [-0.3, -0.25) is 19.9 Å². The minimum Gasteiger partial charge on any atom is -0.479 e. The summed E-state index contributed by atoms with van der Waals surface area (Å²) >= 11 is 0. The number of para-hydroxylation sites is 1. The number of nitrogens with zero attached hydrogens (tertiary/aromatic N) is 3. The van der Waals surface area contributed by atoms with Gasteiger partial charge in [-0.2, -0.15) is 5.43 Å². The zero-order valence-corrected chi connectivity index (χ0v) is 19.0. The third-order valence-electron chi connectivity index (χ3n) is 6.29. The number of fused-ring (bicyclic) bond motifs is 2. The second kappa shape index (κ2) is 8.15. The molecular formula is C22H20N4O8S. The van der Waals surface area contributed by atoms with Crippen LogP contribution in [0.25, 0.3) is 5.70 Å². The Balaban J connectivity index is 1.80. The van der Waals surface area contributed by atoms with Crippen LogP contribution in [0.15, 0.2) is 59.0 Å². The molecule has 3 aliphatic rings. The first-order chi connectivity index (χ1) is 16.7. The van der Waals surface area contributed by atoms with E-state index in [-0.39, 0.29) is 53.7 Å². The van der Waals surface area contributed by atoms with Crippen LogP contribution in [0.4, 0.5) is 11.4 Å². The van der Waals surface area contributed by atoms with E-state index in [1.807, 2.05) is 0 Å². The molecule has 0 radical (unpaired) electrons. The summed E-state index contributed by atoms with van der Waals surface area (Å²) < 4.78 is 31.8. The summed E-state index contributed by atoms with van der Waals surface area (Å²) in [7, 11) is -4.12. The van der Waals surface area contributed by atoms with E-state index in [1.54, 1.807) is 30.3 Å². The molecular weight excluding hydrogens is 480 g/mol. The summed E-state index contributed by atoms with van der Waals surface area (Å²) in [5, 5.41) is 23.2. The van der Waals surface area contributed by atoms with Crippen LogP contribution in [0.5, 0.6) is 0 Å². The van der Waals surface area contributed by atoms with Crippen molar-refractivity contribution in [3.8, 4) is 0 Å². The third kappa shape index (κ3) is 3.47. The average Bonchev–Trinajstić information content (AvgIpc) is 3.20. The number of hydrogen-bond acceptors (Lipinski definition) is 9. The normalized spacial score (nSPS) is 23.0. The number of amides is 1. The Morgan fingerprint density at radius 3 is 2.43 bits per heavy atom. The number of hydrazine groups is 1. The zero-order valence-electron chi connectivity index (χ0n) is 18.2. The van der Waals surface area contributed by atoms with Crippen molar-refractivity contribution in [2.24, 2.45) is 0 Å². The molecule has 1 unspecified atom stereocenters. The number of carboxylic acid groups (broad SMARTS) is 1. The fourth-order valence-corrected chi connectivity index (χ4v) is 6.29. The van der Waals surface area contributed by atoms with Crippen LogP contribution in [0.3, 0.4) is 0 Å². The zero-order chi connectivity index (χ0) is 25.0. The highest BCUT2D eigenvalue weighted by Crippen LogP contribution is 2.46. The predicted molar refractivity (Wildman–Crippen MR) is 122 cm³/mol. The average molecular weight is 500 g/mol. The predicted octanol–water partition coefficient (Wildman–Crippen LogP) is 0.800. The first-order valence-electron chi connectivity index (χ1n) is 10.7. The summed E-state index contributed by atoms with van der Waals surface area (Å²) in [5.41, 5.74) is 0.254. The van der Waals surface area contributed by atoms with Gasteiger partial charge < -0.3 is 14.7 Å². The van der Waals surface area contributed by atoms with E-state index in [0.717, 1.165) is 18.2 Å². The molecule has 3 heterocycles. The molecule has 1 amide bonds. The fraction of sp³-hybridized carbons (Fsp3) is 0.273. The maximum absolute atomic E-state index is 13.8. The SMILES string of the molecule is O=C(O)C1(C(=O)N2CCOCC2)NN(c2ccccc2)C2=C1CS(=O)(=O)c1ccc([N+](=O)[O-])cc12. The number of ether oxygens (including phenoxy) is 1. The summed E-state index contributed by atoms with van der Waals surface area (Å²) in [6, 6.07) is 11.7. The molecule has 13 heteroatoms. The van der Waals surface area contributed by atoms with Gasteiger partial charge in [0.15, 0.2) is 9.84 Å². The van der Waals surface area contributed by atoms with Gasteiger partial charge in [0.25, 0.3) is 11.6 Å². The topological polar surface area (TPSA) is 159 Å². The van der Waals surface area contributed by atoms with Crippen LogP contribution in [0.2, 0.25) is 0 Å². The highest BCUT2D eigenvalue weighted by atomic mass is 32.2. The van der Waals surface area contributed by atoms with Gasteiger partial charge in [-0.1, -0.05) is 18.2 Å². The van der Waals surface area contributed by atoms with Gasteiger partial charge in [-0.15, -0.1) is 0 Å². The summed E-state index contributed by atoms with van der Waals surface area (Å²) in [5.74, 6) is -3.15. The Morgan fingerprint density at radius 2 is 1.80 bits per heavy atom.